The molecule has 13 N–H and O–H groups in total. The molecule has 344 valence electrons. The number of benzene rings is 1. The van der Waals surface area contributed by atoms with Crippen LogP contribution in [0, 0.1) is 5.92 Å². The predicted octanol–water partition coefficient (Wildman–Crippen LogP) is -2.67. The van der Waals surface area contributed by atoms with E-state index in [0.29, 0.717) is 5.56 Å². The molecule has 0 spiro atoms. The van der Waals surface area contributed by atoms with Gasteiger partial charge in [0.25, 0.3) is 5.91 Å². The Bertz CT molecular complexity index is 1930. The maximum Gasteiger partial charge on any atom is 0.303 e. The molecule has 23 heteroatoms. The van der Waals surface area contributed by atoms with E-state index in [-0.39, 0.29) is 42.9 Å². The largest absolute Gasteiger partial charge is 0.508 e. The fraction of sp³-hybridized carbons (Fsp3) is 0.475. The minimum Gasteiger partial charge on any atom is -0.508 e. The number of aryl methyl sites for hydroxylation is 1. The minimum atomic E-state index is -1.76. The number of primary amides is 1. The van der Waals surface area contributed by atoms with Crippen LogP contribution in [0.25, 0.3) is 0 Å². The number of phenolic OH excluding ortho intramolecular Hbond substituents is 1. The molecule has 1 heterocycles. The first-order valence-corrected chi connectivity index (χ1v) is 19.8. The van der Waals surface area contributed by atoms with Crippen LogP contribution in [0.4, 0.5) is 0 Å². The lowest BCUT2D eigenvalue weighted by Gasteiger charge is -2.27. The van der Waals surface area contributed by atoms with E-state index in [1.54, 1.807) is 26.0 Å². The van der Waals surface area contributed by atoms with Gasteiger partial charge in [0.1, 0.15) is 42.0 Å². The van der Waals surface area contributed by atoms with Gasteiger partial charge >= 0.3 is 11.9 Å². The van der Waals surface area contributed by atoms with Gasteiger partial charge in [-0.1, -0.05) is 26.0 Å². The summed E-state index contributed by atoms with van der Waals surface area (Å²) in [6, 6.07) is 0.150. The van der Waals surface area contributed by atoms with Crippen molar-refractivity contribution >= 4 is 59.2 Å². The lowest BCUT2D eigenvalue weighted by Crippen LogP contribution is -2.60. The van der Waals surface area contributed by atoms with Gasteiger partial charge in [-0.3, -0.25) is 52.9 Å². The smallest absolute Gasteiger partial charge is 0.303 e. The Hall–Kier alpha value is -7.17. The quantitative estimate of drug-likeness (QED) is 0.0435. The molecule has 0 saturated carbocycles. The molecule has 63 heavy (non-hydrogen) atoms. The van der Waals surface area contributed by atoms with E-state index in [1.165, 1.54) is 43.6 Å². The van der Waals surface area contributed by atoms with Crippen LogP contribution in [0.3, 0.4) is 0 Å². The fourth-order valence-corrected chi connectivity index (χ4v) is 5.73. The summed E-state index contributed by atoms with van der Waals surface area (Å²) >= 11 is 0. The third kappa shape index (κ3) is 19.4. The molecule has 0 aliphatic carbocycles. The van der Waals surface area contributed by atoms with Crippen LogP contribution in [-0.4, -0.2) is 134 Å². The van der Waals surface area contributed by atoms with Gasteiger partial charge < -0.3 is 63.4 Å². The number of phenols is 1. The molecular formula is C40H55N9O14. The third-order valence-electron chi connectivity index (χ3n) is 9.16. The standard InChI is InChI=1S/C40H55N9O14/c1-21(2)18-29(39(62)47-28(9-6-23-4-7-25(51)8-5-23)38(61)46-26(34(41)57)10-12-32(53)54)48-40(63)30(20-50)49-37(60)27(11-13-33(55)56)45-31(52)19-43-35(58)22(3)44-36(59)24-14-16-42-17-15-24/h4-5,7-8,14-17,21-22,26-30,50-51H,6,9-13,18-20H2,1-3H3,(H2,41,57)(H,43,58)(H,44,59)(H,45,52)(H,46,61)(H,47,62)(H,48,63)(H,49,60)(H,53,54)(H,55,56)/t22-,26-,27-,28-,29-,30-/m0/s1. The van der Waals surface area contributed by atoms with Crippen molar-refractivity contribution in [2.45, 2.75) is 102 Å². The summed E-state index contributed by atoms with van der Waals surface area (Å²) in [4.78, 5) is 130. The molecule has 6 atom stereocenters. The third-order valence-corrected chi connectivity index (χ3v) is 9.16. The Morgan fingerprint density at radius 3 is 1.65 bits per heavy atom. The molecule has 0 aliphatic heterocycles. The number of carboxylic acid groups (broad SMARTS) is 2. The van der Waals surface area contributed by atoms with Gasteiger partial charge in [0.2, 0.25) is 41.4 Å². The van der Waals surface area contributed by atoms with Gasteiger partial charge in [-0.05, 0) is 74.8 Å². The first-order chi connectivity index (χ1) is 29.7. The van der Waals surface area contributed by atoms with E-state index in [0.717, 1.165) is 0 Å². The Balaban J connectivity index is 2.19. The number of aliphatic hydroxyl groups excluding tert-OH is 1. The zero-order valence-electron chi connectivity index (χ0n) is 34.9. The van der Waals surface area contributed by atoms with Crippen molar-refractivity contribution in [3.8, 4) is 5.75 Å². The lowest BCUT2D eigenvalue weighted by molar-refractivity contribution is -0.139. The Morgan fingerprint density at radius 1 is 0.619 bits per heavy atom. The van der Waals surface area contributed by atoms with Gasteiger partial charge in [-0.2, -0.15) is 0 Å². The molecule has 0 fully saturated rings. The summed E-state index contributed by atoms with van der Waals surface area (Å²) in [6.07, 6.45) is 0.825. The highest BCUT2D eigenvalue weighted by Gasteiger charge is 2.33. The number of nitrogens with zero attached hydrogens (tertiary/aromatic N) is 1. The number of hydrogen-bond acceptors (Lipinski definition) is 13. The minimum absolute atomic E-state index is 0.0211. The second kappa shape index (κ2) is 26.2. The fourth-order valence-electron chi connectivity index (χ4n) is 5.73. The van der Waals surface area contributed by atoms with Crippen molar-refractivity contribution in [2.24, 2.45) is 11.7 Å². The average Bonchev–Trinajstić information content (AvgIpc) is 3.23. The molecule has 8 amide bonds. The van der Waals surface area contributed by atoms with Crippen molar-refractivity contribution in [3.63, 3.8) is 0 Å². The first kappa shape index (κ1) is 52.0. The molecule has 0 unspecified atom stereocenters. The monoisotopic (exact) mass is 885 g/mol. The van der Waals surface area contributed by atoms with Gasteiger partial charge in [-0.15, -0.1) is 0 Å². The van der Waals surface area contributed by atoms with Crippen LogP contribution in [-0.2, 0) is 49.6 Å². The van der Waals surface area contributed by atoms with E-state index in [4.69, 9.17) is 10.8 Å². The van der Waals surface area contributed by atoms with Crippen molar-refractivity contribution in [3.05, 3.63) is 59.9 Å². The van der Waals surface area contributed by atoms with E-state index in [2.05, 4.69) is 42.2 Å². The van der Waals surface area contributed by atoms with Crippen LogP contribution in [0.15, 0.2) is 48.8 Å². The predicted molar refractivity (Wildman–Crippen MR) is 220 cm³/mol. The number of nitrogens with two attached hydrogens (primary N) is 1. The molecule has 1 aromatic heterocycles. The number of carboxylic acids is 2. The van der Waals surface area contributed by atoms with E-state index < -0.39 is 128 Å². The summed E-state index contributed by atoms with van der Waals surface area (Å²) < 4.78 is 0. The average molecular weight is 886 g/mol. The van der Waals surface area contributed by atoms with Gasteiger partial charge in [0, 0.05) is 30.8 Å². The number of hydrogen-bond donors (Lipinski definition) is 12. The van der Waals surface area contributed by atoms with Crippen molar-refractivity contribution in [2.75, 3.05) is 13.2 Å². The highest BCUT2D eigenvalue weighted by atomic mass is 16.4. The van der Waals surface area contributed by atoms with Crippen molar-refractivity contribution in [1.82, 2.24) is 42.2 Å². The van der Waals surface area contributed by atoms with Crippen molar-refractivity contribution in [1.29, 1.82) is 0 Å². The van der Waals surface area contributed by atoms with Crippen LogP contribution in [0.1, 0.15) is 75.2 Å². The normalized spacial score (nSPS) is 13.7. The summed E-state index contributed by atoms with van der Waals surface area (Å²) in [5, 5.41) is 54.7. The number of carbonyl (C=O) groups is 10. The number of aromatic hydroxyl groups is 1. The molecule has 0 aliphatic rings. The van der Waals surface area contributed by atoms with Gasteiger partial charge in [0.15, 0.2) is 0 Å². The van der Waals surface area contributed by atoms with Crippen LogP contribution < -0.4 is 43.0 Å². The van der Waals surface area contributed by atoms with E-state index in [1.807, 2.05) is 0 Å². The van der Waals surface area contributed by atoms with Crippen LogP contribution in [0.5, 0.6) is 5.75 Å². The van der Waals surface area contributed by atoms with Crippen LogP contribution >= 0.6 is 0 Å². The molecule has 1 aromatic carbocycles. The number of pyridine rings is 1. The number of rotatable bonds is 27. The second-order valence-corrected chi connectivity index (χ2v) is 14.8. The number of nitrogens with one attached hydrogen (secondary N) is 7. The SMILES string of the molecule is CC(C)C[C@H](NC(=O)[C@H](CO)NC(=O)[C@H](CCC(=O)O)NC(=O)CNC(=O)[C@H](C)NC(=O)c1ccncc1)C(=O)N[C@@H](CCc1ccc(O)cc1)C(=O)N[C@@H](CCC(=O)O)C(N)=O. The van der Waals surface area contributed by atoms with Crippen LogP contribution in [0.2, 0.25) is 0 Å². The topological polar surface area (TPSA) is 375 Å². The molecule has 2 rings (SSSR count). The van der Waals surface area contributed by atoms with E-state index in [9.17, 15) is 63.3 Å². The first-order valence-electron chi connectivity index (χ1n) is 19.8. The Morgan fingerprint density at radius 2 is 1.11 bits per heavy atom. The molecule has 0 bridgehead atoms. The van der Waals surface area contributed by atoms with Crippen molar-refractivity contribution < 1.29 is 68.4 Å². The zero-order chi connectivity index (χ0) is 47.2. The summed E-state index contributed by atoms with van der Waals surface area (Å²) in [5.41, 5.74) is 6.26. The Kier molecular flexibility index (Phi) is 21.6. The highest BCUT2D eigenvalue weighted by molar-refractivity contribution is 5.99. The molecular weight excluding hydrogens is 830 g/mol. The van der Waals surface area contributed by atoms with E-state index >= 15 is 0 Å². The summed E-state index contributed by atoms with van der Waals surface area (Å²) in [5.74, 6) is -10.2. The summed E-state index contributed by atoms with van der Waals surface area (Å²) in [7, 11) is 0. The number of aliphatic hydroxyl groups is 1. The number of aromatic nitrogens is 1. The second-order valence-electron chi connectivity index (χ2n) is 14.8. The number of carbonyl (C=O) groups excluding carboxylic acids is 8. The number of amides is 8. The molecule has 0 radical (unpaired) electrons. The molecule has 2 aromatic rings. The maximum absolute atomic E-state index is 13.8. The highest BCUT2D eigenvalue weighted by Crippen LogP contribution is 2.14. The maximum atomic E-state index is 13.8. The summed E-state index contributed by atoms with van der Waals surface area (Å²) in [6.45, 7) is 3.04. The number of aliphatic carboxylic acids is 2. The van der Waals surface area contributed by atoms with Gasteiger partial charge in [-0.25, -0.2) is 0 Å². The molecule has 0 saturated heterocycles. The lowest BCUT2D eigenvalue weighted by atomic mass is 10.00. The molecule has 23 nitrogen and oxygen atoms in total. The zero-order valence-corrected chi connectivity index (χ0v) is 34.9. The Labute approximate surface area is 361 Å². The van der Waals surface area contributed by atoms with Gasteiger partial charge in [0.05, 0.1) is 13.2 Å².